The predicted octanol–water partition coefficient (Wildman–Crippen LogP) is 0.388. The Morgan fingerprint density at radius 3 is 2.74 bits per heavy atom. The Balaban J connectivity index is 2.08. The Kier molecular flexibility index (Phi) is 3.79. The number of amides is 2. The summed E-state index contributed by atoms with van der Waals surface area (Å²) >= 11 is 0. The van der Waals surface area contributed by atoms with Crippen molar-refractivity contribution >= 4 is 23.5 Å². The largest absolute Gasteiger partial charge is 0.481 e. The number of carbonyl (C=O) groups is 3. The third-order valence-corrected chi connectivity index (χ3v) is 2.97. The lowest BCUT2D eigenvalue weighted by molar-refractivity contribution is -0.136. The summed E-state index contributed by atoms with van der Waals surface area (Å²) in [6.45, 7) is 0.325. The first-order valence-electron chi connectivity index (χ1n) is 5.93. The van der Waals surface area contributed by atoms with Gasteiger partial charge in [-0.15, -0.1) is 0 Å². The Labute approximate surface area is 109 Å². The molecule has 6 nitrogen and oxygen atoms in total. The fourth-order valence-electron chi connectivity index (χ4n) is 1.98. The lowest BCUT2D eigenvalue weighted by Crippen LogP contribution is -2.25. The van der Waals surface area contributed by atoms with Crippen LogP contribution in [0.4, 0.5) is 5.69 Å². The molecule has 3 N–H and O–H groups in total. The average Bonchev–Trinajstić information content (AvgIpc) is 2.78. The molecule has 1 aromatic carbocycles. The van der Waals surface area contributed by atoms with Crippen LogP contribution in [-0.2, 0) is 20.8 Å². The van der Waals surface area contributed by atoms with Gasteiger partial charge in [0.25, 0.3) is 0 Å². The molecule has 0 radical (unpaired) electrons. The van der Waals surface area contributed by atoms with Crippen LogP contribution in [0.3, 0.4) is 0 Å². The maximum absolute atomic E-state index is 11.9. The SMILES string of the molecule is O=C(O)Cc1ccccc1NC(=O)C1CNC(=O)C1. The smallest absolute Gasteiger partial charge is 0.307 e. The van der Waals surface area contributed by atoms with Crippen LogP contribution in [0.5, 0.6) is 0 Å². The summed E-state index contributed by atoms with van der Waals surface area (Å²) in [6, 6.07) is 6.75. The van der Waals surface area contributed by atoms with E-state index in [2.05, 4.69) is 10.6 Å². The molecule has 1 unspecified atom stereocenters. The molecule has 0 spiro atoms. The number of para-hydroxylation sites is 1. The number of carbonyl (C=O) groups excluding carboxylic acids is 2. The number of benzene rings is 1. The van der Waals surface area contributed by atoms with Gasteiger partial charge in [-0.3, -0.25) is 14.4 Å². The molecule has 2 amide bonds. The summed E-state index contributed by atoms with van der Waals surface area (Å²) < 4.78 is 0. The van der Waals surface area contributed by atoms with Crippen LogP contribution in [-0.4, -0.2) is 29.4 Å². The molecule has 0 saturated carbocycles. The lowest BCUT2D eigenvalue weighted by atomic mass is 10.1. The van der Waals surface area contributed by atoms with Crippen LogP contribution < -0.4 is 10.6 Å². The number of hydrogen-bond acceptors (Lipinski definition) is 3. The van der Waals surface area contributed by atoms with Gasteiger partial charge in [0.05, 0.1) is 12.3 Å². The first-order chi connectivity index (χ1) is 9.06. The van der Waals surface area contributed by atoms with Crippen LogP contribution in [0.25, 0.3) is 0 Å². The van der Waals surface area contributed by atoms with Crippen LogP contribution in [0.2, 0.25) is 0 Å². The number of anilines is 1. The maximum Gasteiger partial charge on any atom is 0.307 e. The topological polar surface area (TPSA) is 95.5 Å². The highest BCUT2D eigenvalue weighted by Gasteiger charge is 2.28. The Hall–Kier alpha value is -2.37. The van der Waals surface area contributed by atoms with Gasteiger partial charge in [-0.25, -0.2) is 0 Å². The molecule has 100 valence electrons. The number of hydrogen-bond donors (Lipinski definition) is 3. The molecule has 1 aliphatic rings. The zero-order valence-corrected chi connectivity index (χ0v) is 10.2. The van der Waals surface area contributed by atoms with E-state index in [0.717, 1.165) is 0 Å². The standard InChI is InChI=1S/C13H14N2O4/c16-11-5-9(7-14-11)13(19)15-10-4-2-1-3-8(10)6-12(17)18/h1-4,9H,5-7H2,(H,14,16)(H,15,19)(H,17,18). The van der Waals surface area contributed by atoms with E-state index in [4.69, 9.17) is 5.11 Å². The molecule has 2 rings (SSSR count). The van der Waals surface area contributed by atoms with Crippen molar-refractivity contribution in [1.82, 2.24) is 5.32 Å². The average molecular weight is 262 g/mol. The molecule has 1 fully saturated rings. The summed E-state index contributed by atoms with van der Waals surface area (Å²) in [4.78, 5) is 33.7. The van der Waals surface area contributed by atoms with Gasteiger partial charge in [0, 0.05) is 18.7 Å². The van der Waals surface area contributed by atoms with Gasteiger partial charge in [0.15, 0.2) is 0 Å². The number of nitrogens with one attached hydrogen (secondary N) is 2. The molecule has 6 heteroatoms. The normalized spacial score (nSPS) is 17.9. The minimum atomic E-state index is -0.959. The first kappa shape index (κ1) is 13.1. The fourth-order valence-corrected chi connectivity index (χ4v) is 1.98. The highest BCUT2D eigenvalue weighted by Crippen LogP contribution is 2.18. The van der Waals surface area contributed by atoms with Crippen molar-refractivity contribution < 1.29 is 19.5 Å². The van der Waals surface area contributed by atoms with Gasteiger partial charge < -0.3 is 15.7 Å². The van der Waals surface area contributed by atoms with Crippen LogP contribution in [0.15, 0.2) is 24.3 Å². The third kappa shape index (κ3) is 3.31. The van der Waals surface area contributed by atoms with Crippen molar-refractivity contribution in [3.8, 4) is 0 Å². The van der Waals surface area contributed by atoms with Gasteiger partial charge in [-0.1, -0.05) is 18.2 Å². The van der Waals surface area contributed by atoms with E-state index in [9.17, 15) is 14.4 Å². The van der Waals surface area contributed by atoms with Crippen molar-refractivity contribution in [3.63, 3.8) is 0 Å². The van der Waals surface area contributed by atoms with Crippen molar-refractivity contribution in [2.45, 2.75) is 12.8 Å². The van der Waals surface area contributed by atoms with Crippen LogP contribution in [0, 0.1) is 5.92 Å². The maximum atomic E-state index is 11.9. The fraction of sp³-hybridized carbons (Fsp3) is 0.308. The molecule has 0 aliphatic carbocycles. The molecule has 1 saturated heterocycles. The molecule has 0 aromatic heterocycles. The second-order valence-electron chi connectivity index (χ2n) is 4.42. The van der Waals surface area contributed by atoms with Crippen LogP contribution >= 0.6 is 0 Å². The van der Waals surface area contributed by atoms with Gasteiger partial charge >= 0.3 is 5.97 Å². The van der Waals surface area contributed by atoms with E-state index in [1.165, 1.54) is 0 Å². The van der Waals surface area contributed by atoms with E-state index in [1.807, 2.05) is 0 Å². The summed E-state index contributed by atoms with van der Waals surface area (Å²) in [7, 11) is 0. The second kappa shape index (κ2) is 5.51. The van der Waals surface area contributed by atoms with Gasteiger partial charge in [0.1, 0.15) is 0 Å². The zero-order valence-electron chi connectivity index (χ0n) is 10.2. The van der Waals surface area contributed by atoms with Crippen molar-refractivity contribution in [2.75, 3.05) is 11.9 Å². The minimum absolute atomic E-state index is 0.140. The molecule has 19 heavy (non-hydrogen) atoms. The summed E-state index contributed by atoms with van der Waals surface area (Å²) in [6.07, 6.45) is 0.0191. The van der Waals surface area contributed by atoms with Crippen LogP contribution in [0.1, 0.15) is 12.0 Å². The molecule has 1 aromatic rings. The van der Waals surface area contributed by atoms with Gasteiger partial charge in [-0.05, 0) is 11.6 Å². The number of carboxylic acid groups (broad SMARTS) is 1. The zero-order chi connectivity index (χ0) is 13.8. The molecular formula is C13H14N2O4. The third-order valence-electron chi connectivity index (χ3n) is 2.97. The Bertz CT molecular complexity index is 527. The van der Waals surface area contributed by atoms with E-state index < -0.39 is 11.9 Å². The molecule has 1 aliphatic heterocycles. The quantitative estimate of drug-likeness (QED) is 0.731. The van der Waals surface area contributed by atoms with Crippen molar-refractivity contribution in [1.29, 1.82) is 0 Å². The Morgan fingerprint density at radius 1 is 1.37 bits per heavy atom. The second-order valence-corrected chi connectivity index (χ2v) is 4.42. The molecule has 1 heterocycles. The van der Waals surface area contributed by atoms with E-state index >= 15 is 0 Å². The van der Waals surface area contributed by atoms with Gasteiger partial charge in [0.2, 0.25) is 11.8 Å². The van der Waals surface area contributed by atoms with Crippen molar-refractivity contribution in [2.24, 2.45) is 5.92 Å². The number of carboxylic acids is 1. The minimum Gasteiger partial charge on any atom is -0.481 e. The Morgan fingerprint density at radius 2 is 2.11 bits per heavy atom. The summed E-state index contributed by atoms with van der Waals surface area (Å²) in [5.41, 5.74) is 1.02. The first-order valence-corrected chi connectivity index (χ1v) is 5.93. The monoisotopic (exact) mass is 262 g/mol. The van der Waals surface area contributed by atoms with E-state index in [0.29, 0.717) is 17.8 Å². The van der Waals surface area contributed by atoms with Gasteiger partial charge in [-0.2, -0.15) is 0 Å². The van der Waals surface area contributed by atoms with Crippen molar-refractivity contribution in [3.05, 3.63) is 29.8 Å². The number of rotatable bonds is 4. The van der Waals surface area contributed by atoms with E-state index in [1.54, 1.807) is 24.3 Å². The molecular weight excluding hydrogens is 248 g/mol. The highest BCUT2D eigenvalue weighted by atomic mass is 16.4. The summed E-state index contributed by atoms with van der Waals surface area (Å²) in [5, 5.41) is 14.1. The van der Waals surface area contributed by atoms with E-state index in [-0.39, 0.29) is 24.7 Å². The number of aliphatic carboxylic acids is 1. The lowest BCUT2D eigenvalue weighted by Gasteiger charge is -2.12. The predicted molar refractivity (Wildman–Crippen MR) is 67.5 cm³/mol. The molecule has 1 atom stereocenters. The molecule has 0 bridgehead atoms. The summed E-state index contributed by atoms with van der Waals surface area (Å²) in [5.74, 6) is -1.76. The highest BCUT2D eigenvalue weighted by molar-refractivity contribution is 5.98.